The number of hydrogen-bond acceptors (Lipinski definition) is 5. The second-order valence-corrected chi connectivity index (χ2v) is 5.65. The zero-order chi connectivity index (χ0) is 18.6. The van der Waals surface area contributed by atoms with Crippen molar-refractivity contribution >= 4 is 5.97 Å². The van der Waals surface area contributed by atoms with Gasteiger partial charge in [0, 0.05) is 17.8 Å². The fraction of sp³-hybridized carbons (Fsp3) is 0. The number of aromatic carboxylic acids is 1. The molecule has 7 heteroatoms. The molecule has 27 heavy (non-hydrogen) atoms. The van der Waals surface area contributed by atoms with Crippen molar-refractivity contribution in [2.75, 3.05) is 0 Å². The highest BCUT2D eigenvalue weighted by Gasteiger charge is 2.13. The summed E-state index contributed by atoms with van der Waals surface area (Å²) >= 11 is 0. The van der Waals surface area contributed by atoms with Gasteiger partial charge in [0.2, 0.25) is 5.88 Å². The van der Waals surface area contributed by atoms with Crippen LogP contribution in [0.5, 0.6) is 11.6 Å². The van der Waals surface area contributed by atoms with E-state index in [0.717, 1.165) is 11.1 Å². The van der Waals surface area contributed by atoms with Crippen LogP contribution in [0.25, 0.3) is 16.8 Å². The summed E-state index contributed by atoms with van der Waals surface area (Å²) in [5.74, 6) is 0.101. The highest BCUT2D eigenvalue weighted by Crippen LogP contribution is 2.32. The maximum Gasteiger partial charge on any atom is 0.356 e. The number of pyridine rings is 1. The average molecular weight is 358 g/mol. The number of ether oxygens (including phenoxy) is 1. The summed E-state index contributed by atoms with van der Waals surface area (Å²) in [6.45, 7) is 0. The van der Waals surface area contributed by atoms with E-state index in [1.165, 1.54) is 10.9 Å². The largest absolute Gasteiger partial charge is 0.476 e. The number of hydrogen-bond donors (Lipinski definition) is 1. The monoisotopic (exact) mass is 358 g/mol. The van der Waals surface area contributed by atoms with E-state index in [1.807, 2.05) is 48.5 Å². The SMILES string of the molecule is O=C(O)c1cnnn1-c1ccc(-c2ccccc2Oc2ccccn2)cc1. The van der Waals surface area contributed by atoms with Gasteiger partial charge in [-0.25, -0.2) is 14.5 Å². The first-order valence-electron chi connectivity index (χ1n) is 8.15. The van der Waals surface area contributed by atoms with Crippen LogP contribution in [0.1, 0.15) is 10.5 Å². The number of para-hydroxylation sites is 1. The fourth-order valence-electron chi connectivity index (χ4n) is 2.67. The molecular weight excluding hydrogens is 344 g/mol. The van der Waals surface area contributed by atoms with Gasteiger partial charge >= 0.3 is 5.97 Å². The zero-order valence-electron chi connectivity index (χ0n) is 14.1. The highest BCUT2D eigenvalue weighted by molar-refractivity contribution is 5.86. The van der Waals surface area contributed by atoms with Crippen molar-refractivity contribution in [2.45, 2.75) is 0 Å². The molecule has 0 aliphatic heterocycles. The predicted molar refractivity (Wildman–Crippen MR) is 98.1 cm³/mol. The van der Waals surface area contributed by atoms with Crippen LogP contribution in [0.2, 0.25) is 0 Å². The molecule has 4 rings (SSSR count). The Hall–Kier alpha value is -4.00. The van der Waals surface area contributed by atoms with E-state index in [1.54, 1.807) is 24.4 Å². The van der Waals surface area contributed by atoms with E-state index >= 15 is 0 Å². The minimum absolute atomic E-state index is 0.00151. The van der Waals surface area contributed by atoms with E-state index in [2.05, 4.69) is 15.3 Å². The highest BCUT2D eigenvalue weighted by atomic mass is 16.5. The summed E-state index contributed by atoms with van der Waals surface area (Å²) in [5, 5.41) is 16.7. The van der Waals surface area contributed by atoms with E-state index in [-0.39, 0.29) is 5.69 Å². The van der Waals surface area contributed by atoms with Crippen molar-refractivity contribution in [3.8, 4) is 28.4 Å². The molecule has 7 nitrogen and oxygen atoms in total. The molecule has 0 spiro atoms. The predicted octanol–water partition coefficient (Wildman–Crippen LogP) is 3.82. The van der Waals surface area contributed by atoms with Gasteiger partial charge in [0.15, 0.2) is 5.69 Å². The second-order valence-electron chi connectivity index (χ2n) is 5.65. The first-order valence-corrected chi connectivity index (χ1v) is 8.15. The van der Waals surface area contributed by atoms with Crippen LogP contribution >= 0.6 is 0 Å². The van der Waals surface area contributed by atoms with Gasteiger partial charge < -0.3 is 9.84 Å². The van der Waals surface area contributed by atoms with E-state index in [0.29, 0.717) is 17.3 Å². The third kappa shape index (κ3) is 3.38. The maximum atomic E-state index is 11.2. The Balaban J connectivity index is 1.67. The lowest BCUT2D eigenvalue weighted by Crippen LogP contribution is -2.07. The summed E-state index contributed by atoms with van der Waals surface area (Å²) in [7, 11) is 0. The Morgan fingerprint density at radius 1 is 0.963 bits per heavy atom. The summed E-state index contributed by atoms with van der Waals surface area (Å²) in [6.07, 6.45) is 2.89. The molecule has 1 N–H and O–H groups in total. The third-order valence-electron chi connectivity index (χ3n) is 3.93. The van der Waals surface area contributed by atoms with Crippen LogP contribution in [-0.4, -0.2) is 31.1 Å². The standard InChI is InChI=1S/C20H14N4O3/c25-20(26)17-13-22-23-24(17)15-10-8-14(9-11-15)16-5-1-2-6-18(16)27-19-7-3-4-12-21-19/h1-13H,(H,25,26). The van der Waals surface area contributed by atoms with Crippen LogP contribution in [0.4, 0.5) is 0 Å². The zero-order valence-corrected chi connectivity index (χ0v) is 14.1. The lowest BCUT2D eigenvalue weighted by atomic mass is 10.0. The average Bonchev–Trinajstić information content (AvgIpc) is 3.20. The Labute approximate surface area is 154 Å². The van der Waals surface area contributed by atoms with Crippen LogP contribution in [0, 0.1) is 0 Å². The number of nitrogens with zero attached hydrogens (tertiary/aromatic N) is 4. The van der Waals surface area contributed by atoms with Gasteiger partial charge in [-0.05, 0) is 29.8 Å². The van der Waals surface area contributed by atoms with E-state index in [9.17, 15) is 9.90 Å². The lowest BCUT2D eigenvalue weighted by Gasteiger charge is -2.11. The van der Waals surface area contributed by atoms with Crippen molar-refractivity contribution in [1.82, 2.24) is 20.0 Å². The van der Waals surface area contributed by atoms with Gasteiger partial charge in [-0.2, -0.15) is 0 Å². The number of carboxylic acids is 1. The maximum absolute atomic E-state index is 11.2. The topological polar surface area (TPSA) is 90.1 Å². The van der Waals surface area contributed by atoms with E-state index < -0.39 is 5.97 Å². The minimum Gasteiger partial charge on any atom is -0.476 e. The van der Waals surface area contributed by atoms with E-state index in [4.69, 9.17) is 4.74 Å². The van der Waals surface area contributed by atoms with Crippen LogP contribution in [0.3, 0.4) is 0 Å². The molecule has 0 saturated carbocycles. The molecule has 0 atom stereocenters. The first-order chi connectivity index (χ1) is 13.2. The molecule has 2 heterocycles. The van der Waals surface area contributed by atoms with Crippen LogP contribution < -0.4 is 4.74 Å². The quantitative estimate of drug-likeness (QED) is 0.583. The molecule has 0 aliphatic rings. The van der Waals surface area contributed by atoms with Gasteiger partial charge in [0.25, 0.3) is 0 Å². The molecule has 0 aliphatic carbocycles. The molecule has 0 radical (unpaired) electrons. The first kappa shape index (κ1) is 16.5. The van der Waals surface area contributed by atoms with Gasteiger partial charge in [0.1, 0.15) is 5.75 Å². The van der Waals surface area contributed by atoms with Crippen LogP contribution in [-0.2, 0) is 0 Å². The van der Waals surface area contributed by atoms with Gasteiger partial charge in [-0.15, -0.1) is 5.10 Å². The normalized spacial score (nSPS) is 10.5. The number of carboxylic acid groups (broad SMARTS) is 1. The third-order valence-corrected chi connectivity index (χ3v) is 3.93. The van der Waals surface area contributed by atoms with Crippen molar-refractivity contribution in [2.24, 2.45) is 0 Å². The minimum atomic E-state index is -1.09. The fourth-order valence-corrected chi connectivity index (χ4v) is 2.67. The molecule has 0 fully saturated rings. The molecule has 0 unspecified atom stereocenters. The molecule has 0 amide bonds. The van der Waals surface area contributed by atoms with Gasteiger partial charge in [-0.3, -0.25) is 0 Å². The molecular formula is C20H14N4O3. The van der Waals surface area contributed by atoms with Crippen LogP contribution in [0.15, 0.2) is 79.1 Å². The number of benzene rings is 2. The van der Waals surface area contributed by atoms with Crippen molar-refractivity contribution in [3.05, 3.63) is 84.8 Å². The Kier molecular flexibility index (Phi) is 4.32. The molecule has 2 aromatic heterocycles. The smallest absolute Gasteiger partial charge is 0.356 e. The Morgan fingerprint density at radius 2 is 1.74 bits per heavy atom. The molecule has 2 aromatic carbocycles. The van der Waals surface area contributed by atoms with Crippen molar-refractivity contribution in [3.63, 3.8) is 0 Å². The number of aromatic nitrogens is 4. The van der Waals surface area contributed by atoms with Crippen molar-refractivity contribution < 1.29 is 14.6 Å². The van der Waals surface area contributed by atoms with Gasteiger partial charge in [-0.1, -0.05) is 41.6 Å². The molecule has 4 aromatic rings. The second kappa shape index (κ2) is 7.09. The summed E-state index contributed by atoms with van der Waals surface area (Å²) in [4.78, 5) is 15.4. The Bertz CT molecular complexity index is 1080. The Morgan fingerprint density at radius 3 is 2.48 bits per heavy atom. The van der Waals surface area contributed by atoms with Gasteiger partial charge in [0.05, 0.1) is 11.9 Å². The summed E-state index contributed by atoms with van der Waals surface area (Å²) in [6, 6.07) is 20.4. The number of carbonyl (C=O) groups is 1. The molecule has 0 bridgehead atoms. The number of rotatable bonds is 5. The lowest BCUT2D eigenvalue weighted by molar-refractivity contribution is 0.0687. The summed E-state index contributed by atoms with van der Waals surface area (Å²) in [5.41, 5.74) is 2.42. The summed E-state index contributed by atoms with van der Waals surface area (Å²) < 4.78 is 7.18. The van der Waals surface area contributed by atoms with Crippen molar-refractivity contribution in [1.29, 1.82) is 0 Å². The molecule has 0 saturated heterocycles. The molecule has 132 valence electrons.